The highest BCUT2D eigenvalue weighted by atomic mass is 35.5. The first-order valence-corrected chi connectivity index (χ1v) is 16.7. The lowest BCUT2D eigenvalue weighted by atomic mass is 10.0. The fraction of sp³-hybridized carbons (Fsp3) is 0.355. The van der Waals surface area contributed by atoms with E-state index in [2.05, 4.69) is 5.32 Å². The molecule has 7 nitrogen and oxygen atoms in total. The number of hydrogen-bond acceptors (Lipinski definition) is 4. The number of halogens is 3. The molecule has 3 aromatic rings. The predicted molar refractivity (Wildman–Crippen MR) is 172 cm³/mol. The number of anilines is 1. The van der Waals surface area contributed by atoms with Crippen molar-refractivity contribution >= 4 is 62.3 Å². The number of hydrogen-bond donors (Lipinski definition) is 1. The number of nitrogens with one attached hydrogen (secondary N) is 1. The zero-order chi connectivity index (χ0) is 30.9. The van der Waals surface area contributed by atoms with Crippen molar-refractivity contribution in [3.05, 3.63) is 99.0 Å². The Kier molecular flexibility index (Phi) is 12.5. The molecule has 11 heteroatoms. The Labute approximate surface area is 263 Å². The second-order valence-electron chi connectivity index (χ2n) is 10.2. The van der Waals surface area contributed by atoms with Crippen LogP contribution < -0.4 is 9.62 Å². The molecule has 3 rings (SSSR count). The monoisotopic (exact) mass is 651 g/mol. The SMILES string of the molecule is CC[C@@H](C)NC(=O)[C@@H](Cc1ccccc1)N(Cc1ccc(Cl)cc1)C(=O)CCCN(c1cc(Cl)ccc1Cl)S(C)(=O)=O. The number of benzene rings is 3. The molecule has 0 bridgehead atoms. The number of carbonyl (C=O) groups excluding carboxylic acids is 2. The topological polar surface area (TPSA) is 86.8 Å². The molecule has 0 aromatic heterocycles. The van der Waals surface area contributed by atoms with Gasteiger partial charge < -0.3 is 10.2 Å². The molecule has 0 saturated carbocycles. The summed E-state index contributed by atoms with van der Waals surface area (Å²) in [5.41, 5.74) is 1.97. The summed E-state index contributed by atoms with van der Waals surface area (Å²) >= 11 is 18.5. The van der Waals surface area contributed by atoms with Gasteiger partial charge in [0.25, 0.3) is 0 Å². The molecule has 0 heterocycles. The van der Waals surface area contributed by atoms with Crippen LogP contribution in [0, 0.1) is 0 Å². The fourth-order valence-electron chi connectivity index (χ4n) is 4.44. The summed E-state index contributed by atoms with van der Waals surface area (Å²) in [5, 5.41) is 4.17. The zero-order valence-electron chi connectivity index (χ0n) is 23.9. The van der Waals surface area contributed by atoms with Gasteiger partial charge in [-0.2, -0.15) is 0 Å². The zero-order valence-corrected chi connectivity index (χ0v) is 27.0. The van der Waals surface area contributed by atoms with Crippen LogP contribution in [0.4, 0.5) is 5.69 Å². The standard InChI is InChI=1S/C31H36Cl3N3O4S/c1-4-22(2)35-31(39)29(19-23-9-6-5-7-10-23)36(21-24-12-14-25(32)15-13-24)30(38)11-8-18-37(42(3,40)41)28-20-26(33)16-17-27(28)34/h5-7,9-10,12-17,20,22,29H,4,8,11,18-19,21H2,1-3H3,(H,35,39)/t22-,29-/m1/s1. The van der Waals surface area contributed by atoms with E-state index in [1.807, 2.05) is 56.3 Å². The highest BCUT2D eigenvalue weighted by Gasteiger charge is 2.31. The van der Waals surface area contributed by atoms with Crippen LogP contribution in [0.15, 0.2) is 72.8 Å². The van der Waals surface area contributed by atoms with E-state index in [4.69, 9.17) is 34.8 Å². The summed E-state index contributed by atoms with van der Waals surface area (Å²) in [7, 11) is -3.73. The molecule has 0 aliphatic carbocycles. The van der Waals surface area contributed by atoms with E-state index in [1.54, 1.807) is 23.1 Å². The Morgan fingerprint density at radius 3 is 2.17 bits per heavy atom. The first-order chi connectivity index (χ1) is 19.9. The third-order valence-electron chi connectivity index (χ3n) is 6.87. The second-order valence-corrected chi connectivity index (χ2v) is 13.4. The van der Waals surface area contributed by atoms with Gasteiger partial charge in [-0.25, -0.2) is 8.42 Å². The molecule has 226 valence electrons. The molecule has 0 aliphatic rings. The lowest BCUT2D eigenvalue weighted by molar-refractivity contribution is -0.141. The van der Waals surface area contributed by atoms with E-state index < -0.39 is 16.1 Å². The van der Waals surface area contributed by atoms with Crippen molar-refractivity contribution in [1.29, 1.82) is 0 Å². The number of carbonyl (C=O) groups is 2. The minimum atomic E-state index is -3.73. The van der Waals surface area contributed by atoms with Gasteiger partial charge in [-0.15, -0.1) is 0 Å². The lowest BCUT2D eigenvalue weighted by Crippen LogP contribution is -2.52. The van der Waals surface area contributed by atoms with Gasteiger partial charge in [0.15, 0.2) is 0 Å². The smallest absolute Gasteiger partial charge is 0.243 e. The lowest BCUT2D eigenvalue weighted by Gasteiger charge is -2.32. The Morgan fingerprint density at radius 1 is 0.905 bits per heavy atom. The Bertz CT molecular complexity index is 1450. The van der Waals surface area contributed by atoms with Crippen molar-refractivity contribution in [1.82, 2.24) is 10.2 Å². The predicted octanol–water partition coefficient (Wildman–Crippen LogP) is 6.75. The third kappa shape index (κ3) is 9.90. The van der Waals surface area contributed by atoms with Crippen LogP contribution in [0.5, 0.6) is 0 Å². The molecule has 2 amide bonds. The van der Waals surface area contributed by atoms with Crippen LogP contribution in [-0.2, 0) is 32.6 Å². The normalized spacial score (nSPS) is 12.8. The van der Waals surface area contributed by atoms with Crippen molar-refractivity contribution in [3.63, 3.8) is 0 Å². The summed E-state index contributed by atoms with van der Waals surface area (Å²) in [5.74, 6) is -0.533. The van der Waals surface area contributed by atoms with Gasteiger partial charge >= 0.3 is 0 Å². The highest BCUT2D eigenvalue weighted by Crippen LogP contribution is 2.31. The maximum absolute atomic E-state index is 13.9. The molecule has 0 fully saturated rings. The van der Waals surface area contributed by atoms with Gasteiger partial charge in [0.2, 0.25) is 21.8 Å². The molecular formula is C31H36Cl3N3O4S. The summed E-state index contributed by atoms with van der Waals surface area (Å²) in [6, 6.07) is 20.4. The maximum Gasteiger partial charge on any atom is 0.243 e. The minimum absolute atomic E-state index is 0.000302. The summed E-state index contributed by atoms with van der Waals surface area (Å²) in [6.45, 7) is 4.08. The molecule has 1 N–H and O–H groups in total. The van der Waals surface area contributed by atoms with Gasteiger partial charge in [0.05, 0.1) is 17.0 Å². The van der Waals surface area contributed by atoms with Crippen molar-refractivity contribution in [2.24, 2.45) is 0 Å². The van der Waals surface area contributed by atoms with Gasteiger partial charge in [-0.05, 0) is 61.2 Å². The molecule has 0 radical (unpaired) electrons. The fourth-order valence-corrected chi connectivity index (χ4v) is 5.97. The van der Waals surface area contributed by atoms with Gasteiger partial charge in [-0.3, -0.25) is 13.9 Å². The van der Waals surface area contributed by atoms with Crippen molar-refractivity contribution in [2.45, 2.75) is 58.2 Å². The Morgan fingerprint density at radius 2 is 1.55 bits per heavy atom. The molecule has 0 spiro atoms. The number of rotatable bonds is 14. The van der Waals surface area contributed by atoms with E-state index in [0.717, 1.165) is 28.1 Å². The van der Waals surface area contributed by atoms with Crippen molar-refractivity contribution in [2.75, 3.05) is 17.1 Å². The van der Waals surface area contributed by atoms with E-state index in [-0.39, 0.29) is 54.5 Å². The molecule has 0 unspecified atom stereocenters. The molecule has 42 heavy (non-hydrogen) atoms. The van der Waals surface area contributed by atoms with Gasteiger partial charge in [0.1, 0.15) is 6.04 Å². The summed E-state index contributed by atoms with van der Waals surface area (Å²) in [6.07, 6.45) is 2.32. The highest BCUT2D eigenvalue weighted by molar-refractivity contribution is 7.92. The Hall–Kier alpha value is -2.78. The van der Waals surface area contributed by atoms with Crippen LogP contribution in [0.25, 0.3) is 0 Å². The van der Waals surface area contributed by atoms with Gasteiger partial charge in [-0.1, -0.05) is 84.2 Å². The van der Waals surface area contributed by atoms with E-state index in [0.29, 0.717) is 16.5 Å². The van der Waals surface area contributed by atoms with Crippen LogP contribution in [0.3, 0.4) is 0 Å². The first kappa shape index (κ1) is 33.7. The quantitative estimate of drug-likeness (QED) is 0.209. The molecule has 0 aliphatic heterocycles. The van der Waals surface area contributed by atoms with Crippen LogP contribution in [0.1, 0.15) is 44.2 Å². The molecular weight excluding hydrogens is 617 g/mol. The van der Waals surface area contributed by atoms with Crippen LogP contribution in [-0.4, -0.2) is 50.0 Å². The average Bonchev–Trinajstić information content (AvgIpc) is 2.95. The second kappa shape index (κ2) is 15.6. The van der Waals surface area contributed by atoms with Gasteiger partial charge in [0, 0.05) is 42.0 Å². The average molecular weight is 653 g/mol. The van der Waals surface area contributed by atoms with E-state index >= 15 is 0 Å². The summed E-state index contributed by atoms with van der Waals surface area (Å²) < 4.78 is 26.5. The Balaban J connectivity index is 1.90. The van der Waals surface area contributed by atoms with Crippen molar-refractivity contribution < 1.29 is 18.0 Å². The van der Waals surface area contributed by atoms with Crippen LogP contribution in [0.2, 0.25) is 15.1 Å². The third-order valence-corrected chi connectivity index (χ3v) is 8.85. The summed E-state index contributed by atoms with van der Waals surface area (Å²) in [4.78, 5) is 29.1. The van der Waals surface area contributed by atoms with E-state index in [9.17, 15) is 18.0 Å². The largest absolute Gasteiger partial charge is 0.352 e. The molecule has 3 aromatic carbocycles. The number of sulfonamides is 1. The molecule has 0 saturated heterocycles. The number of nitrogens with zero attached hydrogens (tertiary/aromatic N) is 2. The minimum Gasteiger partial charge on any atom is -0.352 e. The molecule has 2 atom stereocenters. The first-order valence-electron chi connectivity index (χ1n) is 13.7. The van der Waals surface area contributed by atoms with Crippen LogP contribution >= 0.6 is 34.8 Å². The van der Waals surface area contributed by atoms with E-state index in [1.165, 1.54) is 12.1 Å². The maximum atomic E-state index is 13.9. The number of amides is 2. The van der Waals surface area contributed by atoms with Crippen molar-refractivity contribution in [3.8, 4) is 0 Å².